The predicted molar refractivity (Wildman–Crippen MR) is 101 cm³/mol. The molecule has 1 amide bonds. The maximum absolute atomic E-state index is 11.9. The average Bonchev–Trinajstić information content (AvgIpc) is 2.64. The van der Waals surface area contributed by atoms with Gasteiger partial charge in [0, 0.05) is 5.69 Å². The van der Waals surface area contributed by atoms with E-state index in [1.165, 1.54) is 0 Å². The van der Waals surface area contributed by atoms with E-state index in [9.17, 15) is 9.90 Å². The van der Waals surface area contributed by atoms with Crippen molar-refractivity contribution in [2.75, 3.05) is 10.2 Å². The Labute approximate surface area is 145 Å². The van der Waals surface area contributed by atoms with Gasteiger partial charge in [0.25, 0.3) is 0 Å². The van der Waals surface area contributed by atoms with Crippen LogP contribution in [0.15, 0.2) is 96.0 Å². The smallest absolute Gasteiger partial charge is 0.418 e. The van der Waals surface area contributed by atoms with Gasteiger partial charge in [0.1, 0.15) is 0 Å². The normalized spacial score (nSPS) is 11.0. The summed E-state index contributed by atoms with van der Waals surface area (Å²) in [5, 5.41) is 12.9. The van der Waals surface area contributed by atoms with Gasteiger partial charge >= 0.3 is 6.09 Å². The monoisotopic (exact) mass is 331 g/mol. The Kier molecular flexibility index (Phi) is 5.07. The number of rotatable bonds is 3. The second-order valence-electron chi connectivity index (χ2n) is 5.22. The van der Waals surface area contributed by atoms with Crippen LogP contribution in [0.2, 0.25) is 0 Å². The number of guanidine groups is 1. The summed E-state index contributed by atoms with van der Waals surface area (Å²) in [4.78, 5) is 17.6. The van der Waals surface area contributed by atoms with Crippen molar-refractivity contribution in [1.82, 2.24) is 0 Å². The van der Waals surface area contributed by atoms with Crippen LogP contribution in [0.4, 0.5) is 21.9 Å². The third-order valence-electron chi connectivity index (χ3n) is 3.44. The molecule has 25 heavy (non-hydrogen) atoms. The number of nitrogens with one attached hydrogen (secondary N) is 1. The lowest BCUT2D eigenvalue weighted by Crippen LogP contribution is -2.40. The maximum Gasteiger partial charge on any atom is 0.418 e. The number of aliphatic imine (C=N–C) groups is 1. The maximum atomic E-state index is 11.9. The Morgan fingerprint density at radius 3 is 1.88 bits per heavy atom. The van der Waals surface area contributed by atoms with Crippen molar-refractivity contribution < 1.29 is 9.90 Å². The van der Waals surface area contributed by atoms with Crippen molar-refractivity contribution in [3.05, 3.63) is 91.0 Å². The first-order valence-corrected chi connectivity index (χ1v) is 7.78. The SMILES string of the molecule is O=C(O)N(C(=Nc1ccccc1)Nc1ccccc1)c1ccccc1. The number of benzene rings is 3. The van der Waals surface area contributed by atoms with Crippen LogP contribution in [0.1, 0.15) is 0 Å². The first kappa shape index (κ1) is 16.3. The molecule has 3 aromatic rings. The minimum atomic E-state index is -1.12. The number of hydrogen-bond donors (Lipinski definition) is 2. The zero-order valence-electron chi connectivity index (χ0n) is 13.4. The van der Waals surface area contributed by atoms with E-state index in [1.807, 2.05) is 66.7 Å². The molecular weight excluding hydrogens is 314 g/mol. The number of amides is 1. The second kappa shape index (κ2) is 7.79. The number of nitrogens with zero attached hydrogens (tertiary/aromatic N) is 2. The highest BCUT2D eigenvalue weighted by molar-refractivity contribution is 6.18. The molecule has 0 aliphatic carbocycles. The quantitative estimate of drug-likeness (QED) is 0.526. The zero-order chi connectivity index (χ0) is 17.5. The van der Waals surface area contributed by atoms with Gasteiger partial charge in [0.2, 0.25) is 5.96 Å². The van der Waals surface area contributed by atoms with Gasteiger partial charge < -0.3 is 10.4 Å². The van der Waals surface area contributed by atoms with E-state index in [0.29, 0.717) is 11.4 Å². The van der Waals surface area contributed by atoms with E-state index in [-0.39, 0.29) is 5.96 Å². The van der Waals surface area contributed by atoms with Crippen LogP contribution in [0, 0.1) is 0 Å². The van der Waals surface area contributed by atoms with E-state index >= 15 is 0 Å². The summed E-state index contributed by atoms with van der Waals surface area (Å²) >= 11 is 0. The fourth-order valence-electron chi connectivity index (χ4n) is 2.31. The van der Waals surface area contributed by atoms with Gasteiger partial charge in [-0.2, -0.15) is 0 Å². The Balaban J connectivity index is 2.05. The third kappa shape index (κ3) is 4.23. The number of para-hydroxylation sites is 3. The van der Waals surface area contributed by atoms with Crippen LogP contribution in [0.3, 0.4) is 0 Å². The molecule has 0 aliphatic rings. The van der Waals surface area contributed by atoms with Gasteiger partial charge in [-0.25, -0.2) is 14.7 Å². The number of hydrogen-bond acceptors (Lipinski definition) is 2. The molecule has 0 saturated carbocycles. The van der Waals surface area contributed by atoms with Crippen molar-refractivity contribution in [2.24, 2.45) is 4.99 Å². The van der Waals surface area contributed by atoms with Gasteiger partial charge in [-0.15, -0.1) is 0 Å². The molecule has 0 atom stereocenters. The highest BCUT2D eigenvalue weighted by Gasteiger charge is 2.21. The Hall–Kier alpha value is -3.60. The van der Waals surface area contributed by atoms with E-state index in [0.717, 1.165) is 10.6 Å². The van der Waals surface area contributed by atoms with E-state index in [1.54, 1.807) is 24.3 Å². The van der Waals surface area contributed by atoms with Gasteiger partial charge in [-0.3, -0.25) is 0 Å². The van der Waals surface area contributed by atoms with Crippen LogP contribution in [0.25, 0.3) is 0 Å². The van der Waals surface area contributed by atoms with Crippen molar-refractivity contribution in [3.63, 3.8) is 0 Å². The summed E-state index contributed by atoms with van der Waals surface area (Å²) in [5.74, 6) is 0.205. The van der Waals surface area contributed by atoms with Crippen LogP contribution < -0.4 is 10.2 Å². The van der Waals surface area contributed by atoms with Crippen LogP contribution in [0.5, 0.6) is 0 Å². The molecule has 0 spiro atoms. The molecule has 0 unspecified atom stereocenters. The number of carbonyl (C=O) groups is 1. The molecule has 3 rings (SSSR count). The van der Waals surface area contributed by atoms with Crippen molar-refractivity contribution in [3.8, 4) is 0 Å². The molecule has 0 bridgehead atoms. The molecular formula is C20H17N3O2. The predicted octanol–water partition coefficient (Wildman–Crippen LogP) is 4.97. The molecule has 0 aliphatic heterocycles. The topological polar surface area (TPSA) is 64.9 Å². The summed E-state index contributed by atoms with van der Waals surface area (Å²) in [6.07, 6.45) is -1.12. The highest BCUT2D eigenvalue weighted by Crippen LogP contribution is 2.19. The van der Waals surface area contributed by atoms with Gasteiger partial charge in [0.15, 0.2) is 0 Å². The largest absolute Gasteiger partial charge is 0.464 e. The highest BCUT2D eigenvalue weighted by atomic mass is 16.4. The van der Waals surface area contributed by atoms with Crippen molar-refractivity contribution in [2.45, 2.75) is 0 Å². The minimum absolute atomic E-state index is 0.205. The molecule has 5 nitrogen and oxygen atoms in total. The molecule has 0 heterocycles. The lowest BCUT2D eigenvalue weighted by atomic mass is 10.3. The van der Waals surface area contributed by atoms with Gasteiger partial charge in [-0.05, 0) is 36.4 Å². The summed E-state index contributed by atoms with van der Waals surface area (Å²) in [6, 6.07) is 27.4. The summed E-state index contributed by atoms with van der Waals surface area (Å²) in [5.41, 5.74) is 1.91. The first-order valence-electron chi connectivity index (χ1n) is 7.78. The van der Waals surface area contributed by atoms with Crippen molar-refractivity contribution >= 4 is 29.1 Å². The molecule has 3 aromatic carbocycles. The van der Waals surface area contributed by atoms with Gasteiger partial charge in [0.05, 0.1) is 11.4 Å². The molecule has 0 aromatic heterocycles. The lowest BCUT2D eigenvalue weighted by molar-refractivity contribution is 0.205. The molecule has 0 fully saturated rings. The average molecular weight is 331 g/mol. The fourth-order valence-corrected chi connectivity index (χ4v) is 2.31. The number of anilines is 2. The van der Waals surface area contributed by atoms with E-state index in [4.69, 9.17) is 0 Å². The summed E-state index contributed by atoms with van der Waals surface area (Å²) in [6.45, 7) is 0. The minimum Gasteiger partial charge on any atom is -0.464 e. The van der Waals surface area contributed by atoms with Crippen LogP contribution in [-0.2, 0) is 0 Å². The Bertz CT molecular complexity index is 850. The van der Waals surface area contributed by atoms with E-state index in [2.05, 4.69) is 10.3 Å². The summed E-state index contributed by atoms with van der Waals surface area (Å²) in [7, 11) is 0. The number of carboxylic acid groups (broad SMARTS) is 1. The summed E-state index contributed by atoms with van der Waals surface area (Å²) < 4.78 is 0. The molecule has 124 valence electrons. The molecule has 0 radical (unpaired) electrons. The second-order valence-corrected chi connectivity index (χ2v) is 5.22. The van der Waals surface area contributed by atoms with E-state index < -0.39 is 6.09 Å². The molecule has 5 heteroatoms. The Morgan fingerprint density at radius 2 is 1.32 bits per heavy atom. The third-order valence-corrected chi connectivity index (χ3v) is 3.44. The van der Waals surface area contributed by atoms with Gasteiger partial charge in [-0.1, -0.05) is 54.6 Å². The zero-order valence-corrected chi connectivity index (χ0v) is 13.4. The Morgan fingerprint density at radius 1 is 0.800 bits per heavy atom. The standard InChI is InChI=1S/C20H17N3O2/c24-20(25)23(18-14-8-3-9-15-18)19(21-16-10-4-1-5-11-16)22-17-12-6-2-7-13-17/h1-15H,(H,21,22)(H,24,25). The van der Waals surface area contributed by atoms with Crippen LogP contribution >= 0.6 is 0 Å². The molecule has 2 N–H and O–H groups in total. The molecule has 0 saturated heterocycles. The van der Waals surface area contributed by atoms with Crippen molar-refractivity contribution in [1.29, 1.82) is 0 Å². The van der Waals surface area contributed by atoms with Crippen LogP contribution in [-0.4, -0.2) is 17.2 Å². The first-order chi connectivity index (χ1) is 12.2. The lowest BCUT2D eigenvalue weighted by Gasteiger charge is -2.22. The fraction of sp³-hybridized carbons (Fsp3) is 0.